The third-order valence-electron chi connectivity index (χ3n) is 1.35. The Bertz CT molecular complexity index is 363. The van der Waals surface area contributed by atoms with Crippen molar-refractivity contribution < 1.29 is 4.39 Å². The van der Waals surface area contributed by atoms with Crippen LogP contribution in [-0.4, -0.2) is 11.9 Å². The van der Waals surface area contributed by atoms with Gasteiger partial charge in [-0.3, -0.25) is 16.1 Å². The van der Waals surface area contributed by atoms with Crippen LogP contribution in [0.4, 0.5) is 10.1 Å². The van der Waals surface area contributed by atoms with Crippen molar-refractivity contribution in [1.82, 2.24) is 5.32 Å². The minimum Gasteiger partial charge on any atom is -0.370 e. The van der Waals surface area contributed by atoms with E-state index in [-0.39, 0.29) is 11.9 Å². The molecule has 0 radical (unpaired) electrons. The summed E-state index contributed by atoms with van der Waals surface area (Å²) in [6, 6.07) is 5.64. The fourth-order valence-electron chi connectivity index (χ4n) is 0.876. The molecule has 5 nitrogen and oxygen atoms in total. The zero-order chi connectivity index (χ0) is 10.6. The lowest BCUT2D eigenvalue weighted by Gasteiger charge is -2.08. The summed E-state index contributed by atoms with van der Waals surface area (Å²) in [6.45, 7) is 0. The average molecular weight is 195 g/mol. The van der Waals surface area contributed by atoms with Crippen molar-refractivity contribution in [2.75, 3.05) is 5.32 Å². The molecule has 0 aliphatic rings. The second-order valence-corrected chi connectivity index (χ2v) is 2.55. The maximum absolute atomic E-state index is 12.7. The molecule has 1 aromatic carbocycles. The molecule has 74 valence electrons. The molecule has 1 aromatic rings. The van der Waals surface area contributed by atoms with E-state index in [1.165, 1.54) is 18.2 Å². The number of hydrogen-bond donors (Lipinski definition) is 5. The molecule has 0 spiro atoms. The van der Waals surface area contributed by atoms with E-state index in [2.05, 4.69) is 10.6 Å². The van der Waals surface area contributed by atoms with Crippen LogP contribution < -0.4 is 16.4 Å². The van der Waals surface area contributed by atoms with E-state index in [0.717, 1.165) is 0 Å². The molecule has 0 fully saturated rings. The summed E-state index contributed by atoms with van der Waals surface area (Å²) in [5.41, 5.74) is 5.41. The molecule has 0 atom stereocenters. The maximum atomic E-state index is 12.7. The largest absolute Gasteiger partial charge is 0.370 e. The zero-order valence-electron chi connectivity index (χ0n) is 7.26. The maximum Gasteiger partial charge on any atom is 0.199 e. The van der Waals surface area contributed by atoms with Crippen LogP contribution in [-0.2, 0) is 0 Å². The van der Waals surface area contributed by atoms with Crippen molar-refractivity contribution in [2.24, 2.45) is 5.73 Å². The zero-order valence-corrected chi connectivity index (χ0v) is 7.26. The Kier molecular flexibility index (Phi) is 3.01. The van der Waals surface area contributed by atoms with E-state index in [9.17, 15) is 4.39 Å². The normalized spacial score (nSPS) is 9.21. The summed E-state index contributed by atoms with van der Waals surface area (Å²) in [5.74, 6) is -0.923. The fourth-order valence-corrected chi connectivity index (χ4v) is 0.876. The van der Waals surface area contributed by atoms with Crippen molar-refractivity contribution in [2.45, 2.75) is 0 Å². The molecule has 6 heteroatoms. The molecule has 0 unspecified atom stereocenters. The van der Waals surface area contributed by atoms with E-state index in [1.54, 1.807) is 6.07 Å². The van der Waals surface area contributed by atoms with Crippen molar-refractivity contribution in [3.63, 3.8) is 0 Å². The third kappa shape index (κ3) is 3.10. The standard InChI is InChI=1S/C8H10FN5/c9-5-2-1-3-6(4-5)13-8(12)14-7(10)11/h1-4H,(H6,10,11,12,13,14). The van der Waals surface area contributed by atoms with Crippen LogP contribution in [0.5, 0.6) is 0 Å². The lowest BCUT2D eigenvalue weighted by atomic mass is 10.3. The van der Waals surface area contributed by atoms with Crippen LogP contribution in [0.15, 0.2) is 24.3 Å². The predicted octanol–water partition coefficient (Wildman–Crippen LogP) is 0.655. The summed E-state index contributed by atoms with van der Waals surface area (Å²) >= 11 is 0. The minimum atomic E-state index is -0.398. The number of guanidine groups is 2. The quantitative estimate of drug-likeness (QED) is 0.336. The van der Waals surface area contributed by atoms with Gasteiger partial charge in [-0.15, -0.1) is 0 Å². The van der Waals surface area contributed by atoms with Gasteiger partial charge in [0.05, 0.1) is 0 Å². The van der Waals surface area contributed by atoms with Crippen LogP contribution in [0.25, 0.3) is 0 Å². The van der Waals surface area contributed by atoms with Gasteiger partial charge in [-0.25, -0.2) is 4.39 Å². The van der Waals surface area contributed by atoms with Gasteiger partial charge >= 0.3 is 0 Å². The second kappa shape index (κ2) is 4.22. The van der Waals surface area contributed by atoms with Gasteiger partial charge in [0.2, 0.25) is 0 Å². The number of benzene rings is 1. The molecule has 14 heavy (non-hydrogen) atoms. The Hall–Kier alpha value is -2.11. The number of nitrogens with one attached hydrogen (secondary N) is 4. The van der Waals surface area contributed by atoms with Crippen molar-refractivity contribution in [3.05, 3.63) is 30.1 Å². The van der Waals surface area contributed by atoms with Gasteiger partial charge in [-0.05, 0) is 18.2 Å². The molecule has 0 heterocycles. The highest BCUT2D eigenvalue weighted by Gasteiger charge is 1.98. The van der Waals surface area contributed by atoms with Crippen LogP contribution >= 0.6 is 0 Å². The summed E-state index contributed by atoms with van der Waals surface area (Å²) < 4.78 is 12.7. The Morgan fingerprint density at radius 1 is 1.36 bits per heavy atom. The summed E-state index contributed by atoms with van der Waals surface area (Å²) in [4.78, 5) is 0. The van der Waals surface area contributed by atoms with E-state index in [0.29, 0.717) is 5.69 Å². The van der Waals surface area contributed by atoms with Crippen molar-refractivity contribution in [1.29, 1.82) is 10.8 Å². The predicted molar refractivity (Wildman–Crippen MR) is 52.8 cm³/mol. The minimum absolute atomic E-state index is 0.178. The molecule has 0 saturated carbocycles. The van der Waals surface area contributed by atoms with Crippen molar-refractivity contribution >= 4 is 17.6 Å². The first-order valence-corrected chi connectivity index (χ1v) is 3.80. The van der Waals surface area contributed by atoms with E-state index < -0.39 is 5.82 Å². The summed E-state index contributed by atoms with van der Waals surface area (Å²) in [7, 11) is 0. The van der Waals surface area contributed by atoms with Crippen LogP contribution in [0.3, 0.4) is 0 Å². The van der Waals surface area contributed by atoms with Crippen LogP contribution in [0.2, 0.25) is 0 Å². The van der Waals surface area contributed by atoms with Gasteiger partial charge in [0.15, 0.2) is 11.9 Å². The molecular weight excluding hydrogens is 185 g/mol. The number of rotatable bonds is 1. The number of nitrogens with two attached hydrogens (primary N) is 1. The number of hydrogen-bond acceptors (Lipinski definition) is 2. The summed E-state index contributed by atoms with van der Waals surface area (Å²) in [6.07, 6.45) is 0. The van der Waals surface area contributed by atoms with Gasteiger partial charge in [-0.1, -0.05) is 6.07 Å². The topological polar surface area (TPSA) is 97.8 Å². The first kappa shape index (κ1) is 9.97. The molecule has 6 N–H and O–H groups in total. The van der Waals surface area contributed by atoms with E-state index in [4.69, 9.17) is 16.6 Å². The fraction of sp³-hybridized carbons (Fsp3) is 0. The molecule has 0 aliphatic heterocycles. The highest BCUT2D eigenvalue weighted by atomic mass is 19.1. The first-order valence-electron chi connectivity index (χ1n) is 3.80. The average Bonchev–Trinajstić information content (AvgIpc) is 2.01. The molecule has 0 saturated heterocycles. The SMILES string of the molecule is N=C(N)NC(=N)Nc1cccc(F)c1. The second-order valence-electron chi connectivity index (χ2n) is 2.55. The highest BCUT2D eigenvalue weighted by molar-refractivity contribution is 6.02. The van der Waals surface area contributed by atoms with Crippen LogP contribution in [0, 0.1) is 16.6 Å². The van der Waals surface area contributed by atoms with Gasteiger partial charge < -0.3 is 11.1 Å². The molecule has 0 aromatic heterocycles. The molecule has 0 bridgehead atoms. The van der Waals surface area contributed by atoms with Gasteiger partial charge in [-0.2, -0.15) is 0 Å². The molecule has 1 rings (SSSR count). The van der Waals surface area contributed by atoms with Gasteiger partial charge in [0, 0.05) is 5.69 Å². The van der Waals surface area contributed by atoms with Crippen LogP contribution in [0.1, 0.15) is 0 Å². The first-order chi connectivity index (χ1) is 6.58. The monoisotopic (exact) mass is 195 g/mol. The van der Waals surface area contributed by atoms with Gasteiger partial charge in [0.25, 0.3) is 0 Å². The Balaban J connectivity index is 2.60. The van der Waals surface area contributed by atoms with Crippen molar-refractivity contribution in [3.8, 4) is 0 Å². The Labute approximate surface area is 80.1 Å². The van der Waals surface area contributed by atoms with E-state index >= 15 is 0 Å². The molecular formula is C8H10FN5. The van der Waals surface area contributed by atoms with Gasteiger partial charge in [0.1, 0.15) is 5.82 Å². The lowest BCUT2D eigenvalue weighted by Crippen LogP contribution is -2.39. The number of anilines is 1. The Morgan fingerprint density at radius 2 is 2.07 bits per heavy atom. The molecule has 0 amide bonds. The van der Waals surface area contributed by atoms with E-state index in [1.807, 2.05) is 0 Å². The third-order valence-corrected chi connectivity index (χ3v) is 1.35. The lowest BCUT2D eigenvalue weighted by molar-refractivity contribution is 0.628. The smallest absolute Gasteiger partial charge is 0.199 e. The highest BCUT2D eigenvalue weighted by Crippen LogP contribution is 2.08. The molecule has 0 aliphatic carbocycles. The Morgan fingerprint density at radius 3 is 2.64 bits per heavy atom. The number of halogens is 1. The summed E-state index contributed by atoms with van der Waals surface area (Å²) in [5, 5.41) is 18.9.